The molecule has 2 aromatic rings. The smallest absolute Gasteiger partial charge is 0.417 e. The second-order valence-corrected chi connectivity index (χ2v) is 5.00. The summed E-state index contributed by atoms with van der Waals surface area (Å²) in [7, 11) is 0. The van der Waals surface area contributed by atoms with Gasteiger partial charge in [0.25, 0.3) is 0 Å². The zero-order valence-electron chi connectivity index (χ0n) is 11.4. The van der Waals surface area contributed by atoms with E-state index < -0.39 is 11.7 Å². The lowest BCUT2D eigenvalue weighted by Gasteiger charge is -2.12. The van der Waals surface area contributed by atoms with E-state index in [0.29, 0.717) is 18.6 Å². The van der Waals surface area contributed by atoms with Gasteiger partial charge in [0.2, 0.25) is 0 Å². The molecule has 0 bridgehead atoms. The number of halogens is 4. The molecule has 0 heterocycles. The zero-order valence-corrected chi connectivity index (χ0v) is 12.1. The highest BCUT2D eigenvalue weighted by Gasteiger charge is 2.33. The van der Waals surface area contributed by atoms with Crippen molar-refractivity contribution in [3.05, 3.63) is 58.6 Å². The number of hydrogen-bond acceptors (Lipinski definition) is 2. The largest absolute Gasteiger partial charge is 0.457 e. The van der Waals surface area contributed by atoms with Crippen molar-refractivity contribution in [3.63, 3.8) is 0 Å². The third-order valence-electron chi connectivity index (χ3n) is 2.95. The maximum absolute atomic E-state index is 12.8. The molecule has 0 radical (unpaired) electrons. The Hall–Kier alpha value is -2.01. The van der Waals surface area contributed by atoms with Crippen LogP contribution in [-0.2, 0) is 17.4 Å². The second kappa shape index (κ2) is 6.83. The van der Waals surface area contributed by atoms with E-state index in [1.54, 1.807) is 24.3 Å². The van der Waals surface area contributed by atoms with Gasteiger partial charge in [-0.15, -0.1) is 0 Å². The van der Waals surface area contributed by atoms with Gasteiger partial charge in [-0.05, 0) is 42.3 Å². The van der Waals surface area contributed by atoms with Crippen molar-refractivity contribution < 1.29 is 22.7 Å². The van der Waals surface area contributed by atoms with Crippen LogP contribution in [0.5, 0.6) is 11.5 Å². The molecule has 6 heteroatoms. The number of carbonyl (C=O) groups is 1. The average molecular weight is 329 g/mol. The van der Waals surface area contributed by atoms with Crippen LogP contribution in [0.4, 0.5) is 13.2 Å². The first-order valence-electron chi connectivity index (χ1n) is 6.47. The molecule has 0 spiro atoms. The van der Waals surface area contributed by atoms with Gasteiger partial charge >= 0.3 is 6.18 Å². The molecule has 116 valence electrons. The Morgan fingerprint density at radius 3 is 2.27 bits per heavy atom. The highest BCUT2D eigenvalue weighted by atomic mass is 35.5. The second-order valence-electron chi connectivity index (χ2n) is 4.59. The van der Waals surface area contributed by atoms with Crippen LogP contribution in [0, 0.1) is 0 Å². The first kappa shape index (κ1) is 16.4. The maximum Gasteiger partial charge on any atom is 0.417 e. The van der Waals surface area contributed by atoms with Crippen LogP contribution in [-0.4, -0.2) is 6.29 Å². The molecule has 0 aromatic heterocycles. The van der Waals surface area contributed by atoms with Gasteiger partial charge in [0, 0.05) is 6.42 Å². The highest BCUT2D eigenvalue weighted by molar-refractivity contribution is 6.31. The number of ether oxygens (including phenoxy) is 1. The fourth-order valence-corrected chi connectivity index (χ4v) is 2.10. The molecule has 0 amide bonds. The fourth-order valence-electron chi connectivity index (χ4n) is 1.87. The van der Waals surface area contributed by atoms with Gasteiger partial charge in [-0.3, -0.25) is 0 Å². The summed E-state index contributed by atoms with van der Waals surface area (Å²) in [5.41, 5.74) is 0.0146. The third kappa shape index (κ3) is 4.24. The summed E-state index contributed by atoms with van der Waals surface area (Å²) >= 11 is 5.55. The zero-order chi connectivity index (χ0) is 16.2. The lowest BCUT2D eigenvalue weighted by Crippen LogP contribution is -2.05. The number of carbonyl (C=O) groups excluding carboxylic acids is 1. The predicted octanol–water partition coefficient (Wildman–Crippen LogP) is 5.28. The summed E-state index contributed by atoms with van der Waals surface area (Å²) in [6.45, 7) is 0. The van der Waals surface area contributed by atoms with Gasteiger partial charge in [0.1, 0.15) is 17.8 Å². The molecular weight excluding hydrogens is 317 g/mol. The molecule has 2 aromatic carbocycles. The van der Waals surface area contributed by atoms with Crippen molar-refractivity contribution in [2.24, 2.45) is 0 Å². The minimum atomic E-state index is -4.53. The van der Waals surface area contributed by atoms with E-state index in [4.69, 9.17) is 16.3 Å². The Morgan fingerprint density at radius 2 is 1.68 bits per heavy atom. The number of benzene rings is 2. The topological polar surface area (TPSA) is 26.3 Å². The van der Waals surface area contributed by atoms with Crippen molar-refractivity contribution in [3.8, 4) is 11.5 Å². The molecule has 22 heavy (non-hydrogen) atoms. The molecule has 2 rings (SSSR count). The molecular formula is C16H12ClF3O2. The van der Waals surface area contributed by atoms with Crippen LogP contribution in [0.25, 0.3) is 0 Å². The molecule has 0 saturated carbocycles. The van der Waals surface area contributed by atoms with E-state index in [1.807, 2.05) is 0 Å². The number of hydrogen-bond donors (Lipinski definition) is 0. The van der Waals surface area contributed by atoms with Crippen molar-refractivity contribution in [1.82, 2.24) is 0 Å². The van der Waals surface area contributed by atoms with Gasteiger partial charge < -0.3 is 9.53 Å². The molecule has 0 aliphatic heterocycles. The Bertz CT molecular complexity index is 651. The monoisotopic (exact) mass is 328 g/mol. The van der Waals surface area contributed by atoms with E-state index in [2.05, 4.69) is 0 Å². The van der Waals surface area contributed by atoms with Crippen molar-refractivity contribution >= 4 is 17.9 Å². The molecule has 0 fully saturated rings. The molecule has 0 aliphatic rings. The highest BCUT2D eigenvalue weighted by Crippen LogP contribution is 2.37. The Balaban J connectivity index is 2.15. The van der Waals surface area contributed by atoms with Crippen molar-refractivity contribution in [2.45, 2.75) is 19.0 Å². The van der Waals surface area contributed by atoms with Gasteiger partial charge in [-0.1, -0.05) is 23.7 Å². The van der Waals surface area contributed by atoms with Crippen LogP contribution in [0.1, 0.15) is 17.5 Å². The Labute approximate surface area is 130 Å². The van der Waals surface area contributed by atoms with Gasteiger partial charge in [-0.2, -0.15) is 13.2 Å². The molecule has 0 aliphatic carbocycles. The minimum Gasteiger partial charge on any atom is -0.457 e. The standard InChI is InChI=1S/C16H12ClF3O2/c17-15-8-7-13(10-14(15)16(18,19)20)22-12-5-3-11(4-6-12)2-1-9-21/h3-10H,1-2H2. The normalized spacial score (nSPS) is 11.3. The van der Waals surface area contributed by atoms with E-state index >= 15 is 0 Å². The predicted molar refractivity (Wildman–Crippen MR) is 77.4 cm³/mol. The van der Waals surface area contributed by atoms with Crippen LogP contribution in [0.3, 0.4) is 0 Å². The summed E-state index contributed by atoms with van der Waals surface area (Å²) in [5, 5.41) is -0.371. The van der Waals surface area contributed by atoms with Crippen LogP contribution >= 0.6 is 11.6 Å². The lowest BCUT2D eigenvalue weighted by atomic mass is 10.1. The fraction of sp³-hybridized carbons (Fsp3) is 0.188. The molecule has 2 nitrogen and oxygen atoms in total. The number of aldehydes is 1. The molecule has 0 atom stereocenters. The first-order valence-corrected chi connectivity index (χ1v) is 6.85. The third-order valence-corrected chi connectivity index (χ3v) is 3.28. The number of alkyl halides is 3. The molecule has 0 unspecified atom stereocenters. The van der Waals surface area contributed by atoms with Crippen molar-refractivity contribution in [2.75, 3.05) is 0 Å². The van der Waals surface area contributed by atoms with Gasteiger partial charge in [0.15, 0.2) is 0 Å². The van der Waals surface area contributed by atoms with Gasteiger partial charge in [-0.25, -0.2) is 0 Å². The quantitative estimate of drug-likeness (QED) is 0.698. The van der Waals surface area contributed by atoms with Crippen LogP contribution in [0.15, 0.2) is 42.5 Å². The number of aryl methyl sites for hydroxylation is 1. The van der Waals surface area contributed by atoms with Crippen LogP contribution < -0.4 is 4.74 Å². The van der Waals surface area contributed by atoms with E-state index in [-0.39, 0.29) is 10.8 Å². The summed E-state index contributed by atoms with van der Waals surface area (Å²) in [6.07, 6.45) is -2.67. The number of rotatable bonds is 5. The van der Waals surface area contributed by atoms with Gasteiger partial charge in [0.05, 0.1) is 10.6 Å². The summed E-state index contributed by atoms with van der Waals surface area (Å²) in [6, 6.07) is 10.2. The minimum absolute atomic E-state index is 0.0531. The van der Waals surface area contributed by atoms with E-state index in [9.17, 15) is 18.0 Å². The summed E-state index contributed by atoms with van der Waals surface area (Å²) in [4.78, 5) is 10.3. The van der Waals surface area contributed by atoms with Crippen molar-refractivity contribution in [1.29, 1.82) is 0 Å². The Morgan fingerprint density at radius 1 is 1.05 bits per heavy atom. The first-order chi connectivity index (χ1) is 10.4. The van der Waals surface area contributed by atoms with E-state index in [0.717, 1.165) is 24.0 Å². The van der Waals surface area contributed by atoms with Crippen LogP contribution in [0.2, 0.25) is 5.02 Å². The maximum atomic E-state index is 12.8. The summed E-state index contributed by atoms with van der Waals surface area (Å²) in [5.74, 6) is 0.461. The molecule has 0 saturated heterocycles. The Kier molecular flexibility index (Phi) is 5.08. The van der Waals surface area contributed by atoms with E-state index in [1.165, 1.54) is 6.07 Å². The SMILES string of the molecule is O=CCCc1ccc(Oc2ccc(Cl)c(C(F)(F)F)c2)cc1. The molecule has 0 N–H and O–H groups in total. The average Bonchev–Trinajstić information content (AvgIpc) is 2.47. The lowest BCUT2D eigenvalue weighted by molar-refractivity contribution is -0.137. The summed E-state index contributed by atoms with van der Waals surface area (Å²) < 4.78 is 43.7.